The molecule has 0 aliphatic carbocycles. The molecule has 1 aromatic heterocycles. The maximum atomic E-state index is 5.41. The highest BCUT2D eigenvalue weighted by atomic mass is 16.5. The van der Waals surface area contributed by atoms with Gasteiger partial charge < -0.3 is 9.64 Å². The highest BCUT2D eigenvalue weighted by molar-refractivity contribution is 5.79. The van der Waals surface area contributed by atoms with Crippen molar-refractivity contribution < 1.29 is 4.74 Å². The van der Waals surface area contributed by atoms with Gasteiger partial charge in [-0.2, -0.15) is 10.1 Å². The maximum Gasteiger partial charge on any atom is 0.334 e. The largest absolute Gasteiger partial charge is 0.378 e. The zero-order chi connectivity index (χ0) is 17.7. The Kier molecular flexibility index (Phi) is 5.20. The zero-order valence-corrected chi connectivity index (χ0v) is 14.9. The van der Waals surface area contributed by atoms with Crippen LogP contribution in [0.4, 0.5) is 17.8 Å². The number of anilines is 2. The molecular formula is C17H24N7O+. The van der Waals surface area contributed by atoms with Crippen LogP contribution in [0, 0.1) is 0 Å². The van der Waals surface area contributed by atoms with Crippen LogP contribution in [-0.2, 0) is 4.74 Å². The van der Waals surface area contributed by atoms with Gasteiger partial charge in [0.2, 0.25) is 5.95 Å². The van der Waals surface area contributed by atoms with Gasteiger partial charge in [0, 0.05) is 13.1 Å². The lowest BCUT2D eigenvalue weighted by molar-refractivity contribution is 0.122. The molecule has 2 aromatic rings. The molecule has 1 aromatic carbocycles. The number of nitrogens with one attached hydrogen (secondary N) is 1. The van der Waals surface area contributed by atoms with Crippen molar-refractivity contribution in [2.24, 2.45) is 5.10 Å². The first-order valence-electron chi connectivity index (χ1n) is 8.27. The molecule has 8 nitrogen and oxygen atoms in total. The number of hydrogen-bond donors (Lipinski definition) is 1. The summed E-state index contributed by atoms with van der Waals surface area (Å²) in [6.07, 6.45) is 1.74. The Labute approximate surface area is 147 Å². The van der Waals surface area contributed by atoms with Crippen molar-refractivity contribution in [3.8, 4) is 0 Å². The standard InChI is InChI=1S/C17H24N7O/c1-24(2,3)17-20-15(22-18-13-14-7-5-4-6-8-14)19-16(21-17)23-9-11-25-12-10-23/h4-8,13H,9-12H2,1-3H3,(H,19,20,21,22)/q+1/b18-13+. The van der Waals surface area contributed by atoms with E-state index in [1.54, 1.807) is 6.21 Å². The molecule has 25 heavy (non-hydrogen) atoms. The van der Waals surface area contributed by atoms with Crippen molar-refractivity contribution in [2.75, 3.05) is 57.8 Å². The fourth-order valence-corrected chi connectivity index (χ4v) is 2.31. The Balaban J connectivity index is 1.83. The number of nitrogens with zero attached hydrogens (tertiary/aromatic N) is 6. The van der Waals surface area contributed by atoms with Crippen molar-refractivity contribution in [3.63, 3.8) is 0 Å². The average molecular weight is 342 g/mol. The van der Waals surface area contributed by atoms with Crippen molar-refractivity contribution in [3.05, 3.63) is 35.9 Å². The molecule has 1 saturated heterocycles. The molecular weight excluding hydrogens is 318 g/mol. The Hall–Kier alpha value is -2.58. The van der Waals surface area contributed by atoms with Gasteiger partial charge in [0.25, 0.3) is 5.95 Å². The number of rotatable bonds is 5. The van der Waals surface area contributed by atoms with Crippen LogP contribution in [0.2, 0.25) is 0 Å². The van der Waals surface area contributed by atoms with Gasteiger partial charge in [0.05, 0.1) is 40.6 Å². The highest BCUT2D eigenvalue weighted by Crippen LogP contribution is 2.19. The van der Waals surface area contributed by atoms with E-state index in [1.807, 2.05) is 51.5 Å². The first-order chi connectivity index (χ1) is 12.0. The van der Waals surface area contributed by atoms with Crippen molar-refractivity contribution in [2.45, 2.75) is 0 Å². The van der Waals surface area contributed by atoms with E-state index in [0.29, 0.717) is 35.5 Å². The fourth-order valence-electron chi connectivity index (χ4n) is 2.31. The smallest absolute Gasteiger partial charge is 0.334 e. The van der Waals surface area contributed by atoms with E-state index >= 15 is 0 Å². The van der Waals surface area contributed by atoms with Gasteiger partial charge in [-0.1, -0.05) is 30.3 Å². The van der Waals surface area contributed by atoms with Gasteiger partial charge in [-0.25, -0.2) is 5.43 Å². The fraction of sp³-hybridized carbons (Fsp3) is 0.412. The Morgan fingerprint density at radius 1 is 1.08 bits per heavy atom. The first-order valence-corrected chi connectivity index (χ1v) is 8.27. The monoisotopic (exact) mass is 342 g/mol. The number of ether oxygens (including phenoxy) is 1. The van der Waals surface area contributed by atoms with Gasteiger partial charge >= 0.3 is 5.95 Å². The Bertz CT molecular complexity index is 722. The summed E-state index contributed by atoms with van der Waals surface area (Å²) in [5, 5.41) is 4.24. The van der Waals surface area contributed by atoms with Gasteiger partial charge in [0.15, 0.2) is 0 Å². The molecule has 8 heteroatoms. The second kappa shape index (κ2) is 7.54. The summed E-state index contributed by atoms with van der Waals surface area (Å²) < 4.78 is 5.90. The van der Waals surface area contributed by atoms with Gasteiger partial charge in [-0.15, -0.1) is 9.97 Å². The van der Waals surface area contributed by atoms with Crippen LogP contribution in [0.1, 0.15) is 5.56 Å². The molecule has 0 unspecified atom stereocenters. The summed E-state index contributed by atoms with van der Waals surface area (Å²) in [5.74, 6) is 1.76. The molecule has 1 aliphatic rings. The molecule has 1 N–H and O–H groups in total. The molecule has 3 rings (SSSR count). The van der Waals surface area contributed by atoms with Crippen molar-refractivity contribution in [1.82, 2.24) is 19.4 Å². The highest BCUT2D eigenvalue weighted by Gasteiger charge is 2.23. The minimum Gasteiger partial charge on any atom is -0.378 e. The second-order valence-corrected chi connectivity index (χ2v) is 6.65. The van der Waals surface area contributed by atoms with E-state index in [9.17, 15) is 0 Å². The van der Waals surface area contributed by atoms with E-state index in [2.05, 4.69) is 30.4 Å². The van der Waals surface area contributed by atoms with Crippen LogP contribution in [-0.4, -0.2) is 68.6 Å². The summed E-state index contributed by atoms with van der Waals surface area (Å²) in [6.45, 7) is 2.90. The third kappa shape index (κ3) is 4.71. The molecule has 2 heterocycles. The van der Waals surface area contributed by atoms with Crippen LogP contribution < -0.4 is 14.8 Å². The molecule has 0 atom stereocenters. The third-order valence-electron chi connectivity index (χ3n) is 3.68. The summed E-state index contributed by atoms with van der Waals surface area (Å²) >= 11 is 0. The molecule has 0 amide bonds. The summed E-state index contributed by atoms with van der Waals surface area (Å²) in [7, 11) is 6.07. The Morgan fingerprint density at radius 3 is 2.48 bits per heavy atom. The van der Waals surface area contributed by atoms with Gasteiger partial charge in [-0.05, 0) is 5.56 Å². The first kappa shape index (κ1) is 17.2. The van der Waals surface area contributed by atoms with E-state index < -0.39 is 0 Å². The number of quaternary nitrogens is 1. The number of morpholine rings is 1. The Morgan fingerprint density at radius 2 is 1.80 bits per heavy atom. The van der Waals surface area contributed by atoms with Crippen molar-refractivity contribution in [1.29, 1.82) is 0 Å². The molecule has 0 saturated carbocycles. The number of hydrogen-bond acceptors (Lipinski definition) is 7. The van der Waals surface area contributed by atoms with E-state index in [1.165, 1.54) is 0 Å². The SMILES string of the molecule is C[N+](C)(C)c1nc(N/N=C/c2ccccc2)nc(N2CCOCC2)n1. The number of hydrazone groups is 1. The van der Waals surface area contributed by atoms with Crippen LogP contribution >= 0.6 is 0 Å². The summed E-state index contributed by atoms with van der Waals surface area (Å²) in [4.78, 5) is 15.7. The lowest BCUT2D eigenvalue weighted by atomic mass is 10.2. The minimum atomic E-state index is 0.437. The van der Waals surface area contributed by atoms with E-state index in [-0.39, 0.29) is 0 Å². The van der Waals surface area contributed by atoms with E-state index in [4.69, 9.17) is 4.74 Å². The predicted octanol–water partition coefficient (Wildman–Crippen LogP) is 1.35. The number of benzene rings is 1. The lowest BCUT2D eigenvalue weighted by Gasteiger charge is -2.28. The normalized spacial score (nSPS) is 15.6. The van der Waals surface area contributed by atoms with Crippen LogP contribution in [0.3, 0.4) is 0 Å². The van der Waals surface area contributed by atoms with Crippen LogP contribution in [0.25, 0.3) is 0 Å². The quantitative estimate of drug-likeness (QED) is 0.502. The molecule has 0 radical (unpaired) electrons. The maximum absolute atomic E-state index is 5.41. The van der Waals surface area contributed by atoms with Crippen LogP contribution in [0.5, 0.6) is 0 Å². The zero-order valence-electron chi connectivity index (χ0n) is 14.9. The molecule has 1 fully saturated rings. The molecule has 0 spiro atoms. The minimum absolute atomic E-state index is 0.437. The molecule has 132 valence electrons. The van der Waals surface area contributed by atoms with E-state index in [0.717, 1.165) is 18.7 Å². The second-order valence-electron chi connectivity index (χ2n) is 6.65. The summed E-state index contributed by atoms with van der Waals surface area (Å²) in [5.41, 5.74) is 3.93. The van der Waals surface area contributed by atoms with Crippen LogP contribution in [0.15, 0.2) is 35.4 Å². The lowest BCUT2D eigenvalue weighted by Crippen LogP contribution is -2.40. The summed E-state index contributed by atoms with van der Waals surface area (Å²) in [6, 6.07) is 9.87. The average Bonchev–Trinajstić information content (AvgIpc) is 2.62. The van der Waals surface area contributed by atoms with Crippen molar-refractivity contribution >= 4 is 24.1 Å². The van der Waals surface area contributed by atoms with Gasteiger partial charge in [0.1, 0.15) is 0 Å². The van der Waals surface area contributed by atoms with Gasteiger partial charge in [-0.3, -0.25) is 4.48 Å². The predicted molar refractivity (Wildman–Crippen MR) is 100 cm³/mol. The topological polar surface area (TPSA) is 75.5 Å². The number of aromatic nitrogens is 3. The molecule has 1 aliphatic heterocycles. The third-order valence-corrected chi connectivity index (χ3v) is 3.68. The molecule has 0 bridgehead atoms.